The van der Waals surface area contributed by atoms with Crippen molar-refractivity contribution in [1.29, 1.82) is 0 Å². The standard InChI is InChI=1S/C22H25N3O.ClH/c1-23-21(19-10-6-3-7-11-19)17-25(22(23)26)20-12-14-24(15-13-20)16-18-8-4-2-5-9-18;/h2-11,17,20H,12-16H2,1H3;1H. The molecule has 4 nitrogen and oxygen atoms in total. The molecule has 0 radical (unpaired) electrons. The maximum atomic E-state index is 12.7. The van der Waals surface area contributed by atoms with Gasteiger partial charge >= 0.3 is 5.69 Å². The van der Waals surface area contributed by atoms with E-state index in [4.69, 9.17) is 0 Å². The smallest absolute Gasteiger partial charge is 0.299 e. The highest BCUT2D eigenvalue weighted by Gasteiger charge is 2.23. The van der Waals surface area contributed by atoms with Crippen LogP contribution in [0.2, 0.25) is 0 Å². The highest BCUT2D eigenvalue weighted by molar-refractivity contribution is 5.85. The van der Waals surface area contributed by atoms with Crippen LogP contribution in [0.5, 0.6) is 0 Å². The van der Waals surface area contributed by atoms with Crippen molar-refractivity contribution in [3.8, 4) is 11.3 Å². The molecule has 1 fully saturated rings. The van der Waals surface area contributed by atoms with Gasteiger partial charge in [-0.25, -0.2) is 4.79 Å². The van der Waals surface area contributed by atoms with Gasteiger partial charge in [0.1, 0.15) is 0 Å². The van der Waals surface area contributed by atoms with E-state index in [-0.39, 0.29) is 24.1 Å². The first-order chi connectivity index (χ1) is 12.7. The molecule has 0 aliphatic carbocycles. The van der Waals surface area contributed by atoms with E-state index in [0.29, 0.717) is 0 Å². The summed E-state index contributed by atoms with van der Waals surface area (Å²) in [5.41, 5.74) is 3.52. The summed E-state index contributed by atoms with van der Waals surface area (Å²) in [7, 11) is 1.87. The van der Waals surface area contributed by atoms with Crippen molar-refractivity contribution < 1.29 is 0 Å². The van der Waals surface area contributed by atoms with E-state index in [2.05, 4.69) is 47.4 Å². The second-order valence-electron chi connectivity index (χ2n) is 7.12. The van der Waals surface area contributed by atoms with Crippen LogP contribution in [0.1, 0.15) is 24.4 Å². The largest absolute Gasteiger partial charge is 0.328 e. The van der Waals surface area contributed by atoms with Crippen LogP contribution in [0.15, 0.2) is 71.7 Å². The number of likely N-dealkylation sites (tertiary alicyclic amines) is 1. The molecule has 0 N–H and O–H groups in total. The second-order valence-corrected chi connectivity index (χ2v) is 7.12. The van der Waals surface area contributed by atoms with E-state index in [1.54, 1.807) is 4.57 Å². The Morgan fingerprint density at radius 2 is 1.52 bits per heavy atom. The van der Waals surface area contributed by atoms with Gasteiger partial charge in [-0.3, -0.25) is 14.0 Å². The molecule has 0 unspecified atom stereocenters. The van der Waals surface area contributed by atoms with Crippen LogP contribution in [0.4, 0.5) is 0 Å². The fraction of sp³-hybridized carbons (Fsp3) is 0.318. The monoisotopic (exact) mass is 383 g/mol. The molecule has 5 heteroatoms. The summed E-state index contributed by atoms with van der Waals surface area (Å²) in [6.45, 7) is 3.05. The third-order valence-corrected chi connectivity index (χ3v) is 5.40. The first-order valence-corrected chi connectivity index (χ1v) is 9.32. The molecule has 2 aromatic carbocycles. The van der Waals surface area contributed by atoms with E-state index in [9.17, 15) is 4.79 Å². The summed E-state index contributed by atoms with van der Waals surface area (Å²) in [4.78, 5) is 15.2. The number of rotatable bonds is 4. The Kier molecular flexibility index (Phi) is 6.19. The molecule has 0 atom stereocenters. The molecule has 0 amide bonds. The van der Waals surface area contributed by atoms with Crippen LogP contribution in [0.25, 0.3) is 11.3 Å². The Bertz CT molecular complexity index is 910. The highest BCUT2D eigenvalue weighted by Crippen LogP contribution is 2.25. The average molecular weight is 384 g/mol. The van der Waals surface area contributed by atoms with E-state index in [1.165, 1.54) is 5.56 Å². The van der Waals surface area contributed by atoms with Crippen LogP contribution in [-0.4, -0.2) is 27.1 Å². The van der Waals surface area contributed by atoms with Crippen molar-refractivity contribution in [3.63, 3.8) is 0 Å². The zero-order valence-electron chi connectivity index (χ0n) is 15.6. The molecule has 142 valence electrons. The number of hydrogen-bond acceptors (Lipinski definition) is 2. The van der Waals surface area contributed by atoms with Gasteiger partial charge in [-0.15, -0.1) is 12.4 Å². The SMILES string of the molecule is Cl.Cn1c(-c2ccccc2)cn(C2CCN(Cc3ccccc3)CC2)c1=O. The van der Waals surface area contributed by atoms with Crippen molar-refractivity contribution in [2.75, 3.05) is 13.1 Å². The van der Waals surface area contributed by atoms with E-state index in [0.717, 1.165) is 43.7 Å². The fourth-order valence-electron chi connectivity index (χ4n) is 3.89. The van der Waals surface area contributed by atoms with Crippen LogP contribution in [0.3, 0.4) is 0 Å². The van der Waals surface area contributed by atoms with E-state index >= 15 is 0 Å². The van der Waals surface area contributed by atoms with E-state index in [1.807, 2.05) is 36.0 Å². The Morgan fingerprint density at radius 3 is 2.15 bits per heavy atom. The molecule has 1 aliphatic heterocycles. The Balaban J connectivity index is 0.00000210. The Morgan fingerprint density at radius 1 is 0.926 bits per heavy atom. The number of nitrogens with zero attached hydrogens (tertiary/aromatic N) is 3. The van der Waals surface area contributed by atoms with Gasteiger partial charge < -0.3 is 0 Å². The summed E-state index contributed by atoms with van der Waals surface area (Å²) >= 11 is 0. The quantitative estimate of drug-likeness (QED) is 0.678. The molecule has 2 heterocycles. The minimum absolute atomic E-state index is 0. The normalized spacial score (nSPS) is 15.4. The molecule has 1 aromatic heterocycles. The molecule has 1 saturated heterocycles. The van der Waals surface area contributed by atoms with Gasteiger partial charge in [0.2, 0.25) is 0 Å². The predicted molar refractivity (Wildman–Crippen MR) is 112 cm³/mol. The van der Waals surface area contributed by atoms with Crippen molar-refractivity contribution in [3.05, 3.63) is 82.9 Å². The van der Waals surface area contributed by atoms with Crippen LogP contribution >= 0.6 is 12.4 Å². The van der Waals surface area contributed by atoms with Crippen molar-refractivity contribution >= 4 is 12.4 Å². The summed E-state index contributed by atoms with van der Waals surface area (Å²) < 4.78 is 3.72. The molecular weight excluding hydrogens is 358 g/mol. The zero-order chi connectivity index (χ0) is 17.9. The third-order valence-electron chi connectivity index (χ3n) is 5.40. The zero-order valence-corrected chi connectivity index (χ0v) is 16.4. The topological polar surface area (TPSA) is 30.2 Å². The molecule has 0 spiro atoms. The molecule has 3 aromatic rings. The van der Waals surface area contributed by atoms with Crippen molar-refractivity contribution in [2.24, 2.45) is 7.05 Å². The lowest BCUT2D eigenvalue weighted by Crippen LogP contribution is -2.37. The molecule has 27 heavy (non-hydrogen) atoms. The number of benzene rings is 2. The molecule has 4 rings (SSSR count). The number of piperidine rings is 1. The summed E-state index contributed by atoms with van der Waals surface area (Å²) in [6.07, 6.45) is 4.07. The van der Waals surface area contributed by atoms with Crippen LogP contribution in [0, 0.1) is 0 Å². The summed E-state index contributed by atoms with van der Waals surface area (Å²) in [5, 5.41) is 0. The van der Waals surface area contributed by atoms with Gasteiger partial charge in [-0.2, -0.15) is 0 Å². The second kappa shape index (κ2) is 8.59. The van der Waals surface area contributed by atoms with Gasteiger partial charge in [0.15, 0.2) is 0 Å². The lowest BCUT2D eigenvalue weighted by molar-refractivity contribution is 0.177. The molecule has 0 bridgehead atoms. The van der Waals surface area contributed by atoms with Gasteiger partial charge in [0.25, 0.3) is 0 Å². The number of halogens is 1. The minimum Gasteiger partial charge on any atom is -0.299 e. The number of hydrogen-bond donors (Lipinski definition) is 0. The van der Waals surface area contributed by atoms with Crippen molar-refractivity contribution in [2.45, 2.75) is 25.4 Å². The molecule has 0 saturated carbocycles. The Labute approximate surface area is 166 Å². The first kappa shape index (κ1) is 19.5. The third kappa shape index (κ3) is 4.18. The number of aromatic nitrogens is 2. The van der Waals surface area contributed by atoms with Gasteiger partial charge in [-0.05, 0) is 24.0 Å². The van der Waals surface area contributed by atoms with Crippen LogP contribution in [-0.2, 0) is 13.6 Å². The summed E-state index contributed by atoms with van der Waals surface area (Å²) in [6, 6.07) is 21.0. The maximum Gasteiger partial charge on any atom is 0.328 e. The number of imidazole rings is 1. The molecule has 1 aliphatic rings. The predicted octanol–water partition coefficient (Wildman–Crippen LogP) is 4.11. The maximum absolute atomic E-state index is 12.7. The lowest BCUT2D eigenvalue weighted by Gasteiger charge is -2.32. The molecular formula is C22H26ClN3O. The minimum atomic E-state index is 0. The average Bonchev–Trinajstić information content (AvgIpc) is 2.99. The van der Waals surface area contributed by atoms with Crippen molar-refractivity contribution in [1.82, 2.24) is 14.0 Å². The van der Waals surface area contributed by atoms with Gasteiger partial charge in [-0.1, -0.05) is 60.7 Å². The Hall–Kier alpha value is -2.30. The lowest BCUT2D eigenvalue weighted by atomic mass is 10.0. The van der Waals surface area contributed by atoms with Gasteiger partial charge in [0.05, 0.1) is 5.69 Å². The summed E-state index contributed by atoms with van der Waals surface area (Å²) in [5.74, 6) is 0. The fourth-order valence-corrected chi connectivity index (χ4v) is 3.89. The first-order valence-electron chi connectivity index (χ1n) is 9.32. The highest BCUT2D eigenvalue weighted by atomic mass is 35.5. The van der Waals surface area contributed by atoms with Crippen LogP contribution < -0.4 is 5.69 Å². The van der Waals surface area contributed by atoms with Gasteiger partial charge in [0, 0.05) is 38.9 Å². The van der Waals surface area contributed by atoms with E-state index < -0.39 is 0 Å².